The normalized spacial score (nSPS) is 11.9. The summed E-state index contributed by atoms with van der Waals surface area (Å²) in [4.78, 5) is 11.7. The maximum Gasteiger partial charge on any atom is 0.508 e. The second-order valence-electron chi connectivity index (χ2n) is 8.40. The van der Waals surface area contributed by atoms with Crippen LogP contribution in [0.1, 0.15) is 112 Å². The Morgan fingerprint density at radius 1 is 0.741 bits per heavy atom. The maximum atomic E-state index is 11.7. The molecule has 0 atom stereocenters. The summed E-state index contributed by atoms with van der Waals surface area (Å²) in [5.41, 5.74) is 0. The minimum absolute atomic E-state index is 0.0668. The largest absolute Gasteiger partial charge is 0.508 e. The second kappa shape index (κ2) is 18.4. The average Bonchev–Trinajstić information content (AvgIpc) is 2.62. The van der Waals surface area contributed by atoms with Gasteiger partial charge in [-0.05, 0) is 43.9 Å². The monoisotopic (exact) mass is 382 g/mol. The predicted octanol–water partition coefficient (Wildman–Crippen LogP) is 8.08. The van der Waals surface area contributed by atoms with E-state index in [2.05, 4.69) is 46.8 Å². The van der Waals surface area contributed by atoms with Crippen LogP contribution < -0.4 is 0 Å². The van der Waals surface area contributed by atoms with E-state index in [0.717, 1.165) is 12.8 Å². The van der Waals surface area contributed by atoms with E-state index in [0.29, 0.717) is 18.4 Å². The Labute approximate surface area is 169 Å². The van der Waals surface area contributed by atoms with Crippen LogP contribution in [-0.2, 0) is 9.47 Å². The lowest BCUT2D eigenvalue weighted by Gasteiger charge is -2.24. The standard InChI is InChI=1S/C24H46O3/c1-6-7-8-9-10-11-12-13-14-15-16-17-18-19-20-26-24(25)27-23(21(2)3)22(4)5/h11-12,21-23H,6-10,13-20H2,1-5H3/b12-11+. The van der Waals surface area contributed by atoms with Gasteiger partial charge in [0.2, 0.25) is 0 Å². The van der Waals surface area contributed by atoms with Gasteiger partial charge in [-0.1, -0.05) is 91.7 Å². The minimum atomic E-state index is -0.510. The van der Waals surface area contributed by atoms with Gasteiger partial charge in [0, 0.05) is 0 Å². The summed E-state index contributed by atoms with van der Waals surface area (Å²) in [7, 11) is 0. The van der Waals surface area contributed by atoms with Crippen molar-refractivity contribution in [2.75, 3.05) is 6.61 Å². The Kier molecular flexibility index (Phi) is 17.7. The zero-order valence-electron chi connectivity index (χ0n) is 18.8. The Morgan fingerprint density at radius 3 is 1.74 bits per heavy atom. The van der Waals surface area contributed by atoms with Gasteiger partial charge in [-0.25, -0.2) is 4.79 Å². The van der Waals surface area contributed by atoms with Gasteiger partial charge in [-0.15, -0.1) is 0 Å². The maximum absolute atomic E-state index is 11.7. The number of allylic oxidation sites excluding steroid dienone is 2. The van der Waals surface area contributed by atoms with Crippen LogP contribution in [0.5, 0.6) is 0 Å². The molecule has 0 heterocycles. The molecule has 0 radical (unpaired) electrons. The fraction of sp³-hybridized carbons (Fsp3) is 0.875. The van der Waals surface area contributed by atoms with Crippen molar-refractivity contribution in [2.45, 2.75) is 118 Å². The van der Waals surface area contributed by atoms with Crippen molar-refractivity contribution in [3.8, 4) is 0 Å². The van der Waals surface area contributed by atoms with Gasteiger partial charge >= 0.3 is 6.16 Å². The van der Waals surface area contributed by atoms with E-state index in [9.17, 15) is 4.79 Å². The Morgan fingerprint density at radius 2 is 1.22 bits per heavy atom. The molecule has 0 aromatic rings. The molecule has 0 spiro atoms. The van der Waals surface area contributed by atoms with Crippen LogP contribution >= 0.6 is 0 Å². The van der Waals surface area contributed by atoms with Crippen molar-refractivity contribution in [1.82, 2.24) is 0 Å². The third-order valence-corrected chi connectivity index (χ3v) is 4.92. The van der Waals surface area contributed by atoms with Crippen molar-refractivity contribution in [1.29, 1.82) is 0 Å². The van der Waals surface area contributed by atoms with Crippen molar-refractivity contribution in [3.05, 3.63) is 12.2 Å². The highest BCUT2D eigenvalue weighted by Crippen LogP contribution is 2.17. The van der Waals surface area contributed by atoms with Gasteiger partial charge in [-0.2, -0.15) is 0 Å². The second-order valence-corrected chi connectivity index (χ2v) is 8.40. The molecule has 0 N–H and O–H groups in total. The van der Waals surface area contributed by atoms with E-state index >= 15 is 0 Å². The van der Waals surface area contributed by atoms with Crippen LogP contribution in [0.4, 0.5) is 4.79 Å². The van der Waals surface area contributed by atoms with Crippen LogP contribution in [0, 0.1) is 11.8 Å². The fourth-order valence-electron chi connectivity index (χ4n) is 3.34. The first-order chi connectivity index (χ1) is 13.0. The molecule has 0 amide bonds. The number of rotatable bonds is 17. The minimum Gasteiger partial charge on any atom is -0.434 e. The molecule has 0 aromatic heterocycles. The number of hydrogen-bond acceptors (Lipinski definition) is 3. The van der Waals surface area contributed by atoms with Crippen molar-refractivity contribution < 1.29 is 14.3 Å². The third kappa shape index (κ3) is 16.9. The predicted molar refractivity (Wildman–Crippen MR) is 116 cm³/mol. The molecule has 0 aliphatic heterocycles. The molecule has 160 valence electrons. The zero-order chi connectivity index (χ0) is 20.3. The quantitative estimate of drug-likeness (QED) is 0.145. The molecule has 0 fully saturated rings. The molecule has 3 nitrogen and oxygen atoms in total. The van der Waals surface area contributed by atoms with Crippen LogP contribution in [0.25, 0.3) is 0 Å². The first-order valence-electron chi connectivity index (χ1n) is 11.5. The molecule has 0 unspecified atom stereocenters. The summed E-state index contributed by atoms with van der Waals surface area (Å²) in [6.45, 7) is 11.0. The molecular formula is C24H46O3. The number of ether oxygens (including phenoxy) is 2. The first-order valence-corrected chi connectivity index (χ1v) is 11.5. The smallest absolute Gasteiger partial charge is 0.434 e. The van der Waals surface area contributed by atoms with E-state index < -0.39 is 6.16 Å². The molecule has 0 saturated heterocycles. The highest BCUT2D eigenvalue weighted by Gasteiger charge is 2.22. The lowest BCUT2D eigenvalue weighted by atomic mass is 9.96. The highest BCUT2D eigenvalue weighted by molar-refractivity contribution is 5.60. The summed E-state index contributed by atoms with van der Waals surface area (Å²) in [5.74, 6) is 0.627. The molecule has 27 heavy (non-hydrogen) atoms. The van der Waals surface area contributed by atoms with E-state index in [-0.39, 0.29) is 6.10 Å². The fourth-order valence-corrected chi connectivity index (χ4v) is 3.34. The SMILES string of the molecule is CCCCCC/C=C/CCCCCCCCOC(=O)OC(C(C)C)C(C)C. The van der Waals surface area contributed by atoms with E-state index in [1.54, 1.807) is 0 Å². The van der Waals surface area contributed by atoms with Crippen molar-refractivity contribution >= 4 is 6.16 Å². The molecule has 0 aliphatic rings. The number of unbranched alkanes of at least 4 members (excludes halogenated alkanes) is 10. The van der Waals surface area contributed by atoms with Gasteiger partial charge in [0.25, 0.3) is 0 Å². The van der Waals surface area contributed by atoms with Crippen LogP contribution in [0.2, 0.25) is 0 Å². The van der Waals surface area contributed by atoms with E-state index in [1.807, 2.05) is 0 Å². The number of carbonyl (C=O) groups is 1. The Hall–Kier alpha value is -0.990. The lowest BCUT2D eigenvalue weighted by Crippen LogP contribution is -2.29. The molecule has 0 saturated carbocycles. The molecule has 0 bridgehead atoms. The molecule has 3 heteroatoms. The first kappa shape index (κ1) is 26.0. The van der Waals surface area contributed by atoms with Crippen LogP contribution in [0.15, 0.2) is 12.2 Å². The van der Waals surface area contributed by atoms with Crippen molar-refractivity contribution in [3.63, 3.8) is 0 Å². The Balaban J connectivity index is 3.42. The summed E-state index contributed by atoms with van der Waals surface area (Å²) in [6.07, 6.45) is 19.1. The third-order valence-electron chi connectivity index (χ3n) is 4.92. The summed E-state index contributed by atoms with van der Waals surface area (Å²) in [5, 5.41) is 0. The summed E-state index contributed by atoms with van der Waals surface area (Å²) in [6, 6.07) is 0. The summed E-state index contributed by atoms with van der Waals surface area (Å²) < 4.78 is 10.6. The summed E-state index contributed by atoms with van der Waals surface area (Å²) >= 11 is 0. The topological polar surface area (TPSA) is 35.5 Å². The van der Waals surface area contributed by atoms with E-state index in [4.69, 9.17) is 9.47 Å². The van der Waals surface area contributed by atoms with Gasteiger partial charge < -0.3 is 9.47 Å². The molecule has 0 rings (SSSR count). The Bertz CT molecular complexity index is 353. The van der Waals surface area contributed by atoms with Gasteiger partial charge in [-0.3, -0.25) is 0 Å². The number of carbonyl (C=O) groups excluding carboxylic acids is 1. The van der Waals surface area contributed by atoms with Gasteiger partial charge in [0.1, 0.15) is 6.10 Å². The highest BCUT2D eigenvalue weighted by atomic mass is 16.7. The number of hydrogen-bond donors (Lipinski definition) is 0. The van der Waals surface area contributed by atoms with E-state index in [1.165, 1.54) is 64.2 Å². The van der Waals surface area contributed by atoms with Crippen LogP contribution in [-0.4, -0.2) is 18.9 Å². The molecular weight excluding hydrogens is 336 g/mol. The van der Waals surface area contributed by atoms with Crippen LogP contribution in [0.3, 0.4) is 0 Å². The molecule has 0 aromatic carbocycles. The molecule has 0 aliphatic carbocycles. The lowest BCUT2D eigenvalue weighted by molar-refractivity contribution is -0.0110. The zero-order valence-corrected chi connectivity index (χ0v) is 18.8. The van der Waals surface area contributed by atoms with Gasteiger partial charge in [0.15, 0.2) is 0 Å². The van der Waals surface area contributed by atoms with Crippen molar-refractivity contribution in [2.24, 2.45) is 11.8 Å². The van der Waals surface area contributed by atoms with Gasteiger partial charge in [0.05, 0.1) is 6.61 Å². The average molecular weight is 383 g/mol.